The number of imide groups is 1. The maximum Gasteiger partial charge on any atom is 0.352 e. The van der Waals surface area contributed by atoms with Crippen LogP contribution in [0.5, 0.6) is 0 Å². The first-order chi connectivity index (χ1) is 22.8. The van der Waals surface area contributed by atoms with E-state index < -0.39 is 39.9 Å². The molecular weight excluding hydrogens is 681 g/mol. The summed E-state index contributed by atoms with van der Waals surface area (Å²) in [6.07, 6.45) is 3.57. The van der Waals surface area contributed by atoms with E-state index in [0.717, 1.165) is 57.2 Å². The van der Waals surface area contributed by atoms with Crippen molar-refractivity contribution < 1.29 is 22.4 Å². The molecular formula is C32H31ClFN7O5S2. The van der Waals surface area contributed by atoms with Crippen LogP contribution in [0.1, 0.15) is 35.0 Å². The minimum atomic E-state index is -4.15. The largest absolute Gasteiger partial charge is 0.356 e. The van der Waals surface area contributed by atoms with E-state index in [-0.39, 0.29) is 26.9 Å². The number of hydrogen-bond donors (Lipinski definition) is 0. The van der Waals surface area contributed by atoms with Crippen LogP contribution in [0.2, 0.25) is 5.02 Å². The van der Waals surface area contributed by atoms with E-state index in [9.17, 15) is 27.2 Å². The molecule has 2 aromatic carbocycles. The van der Waals surface area contributed by atoms with Gasteiger partial charge in [-0.2, -0.15) is 4.98 Å². The van der Waals surface area contributed by atoms with Gasteiger partial charge in [-0.1, -0.05) is 24.6 Å². The highest BCUT2D eigenvalue weighted by Gasteiger charge is 2.33. The lowest BCUT2D eigenvalue weighted by Gasteiger charge is -2.30. The Kier molecular flexibility index (Phi) is 9.11. The Hall–Kier alpha value is -4.60. The van der Waals surface area contributed by atoms with Crippen molar-refractivity contribution in [1.29, 1.82) is 0 Å². The standard InChI is InChI=1S/C32H31ClFN7O5S2/c1-20-10-14-38(15-11-20)27-12-16-39-31(35-27)36-40(32(39)44)19-28(42)41(26-18-23(34)7-4-21(26)2)30(43)29-25(13-17-47-29)37(3)48(45,46)24-8-5-22(33)6-9-24/h4-9,12-13,16-18,20H,10-11,14-15,19H2,1-3H3. The molecule has 0 bridgehead atoms. The number of aryl methyl sites for hydroxylation is 1. The number of nitrogens with zero attached hydrogens (tertiary/aromatic N) is 7. The molecule has 0 atom stereocenters. The summed E-state index contributed by atoms with van der Waals surface area (Å²) in [7, 11) is -2.86. The number of hydrogen-bond acceptors (Lipinski definition) is 9. The fraction of sp³-hybridized carbons (Fsp3) is 0.281. The lowest BCUT2D eigenvalue weighted by Crippen LogP contribution is -2.42. The van der Waals surface area contributed by atoms with Crippen LogP contribution in [-0.2, 0) is 21.4 Å². The summed E-state index contributed by atoms with van der Waals surface area (Å²) in [6, 6.07) is 12.3. The number of anilines is 3. The van der Waals surface area contributed by atoms with Crippen LogP contribution in [0.4, 0.5) is 21.6 Å². The van der Waals surface area contributed by atoms with E-state index in [2.05, 4.69) is 21.9 Å². The lowest BCUT2D eigenvalue weighted by atomic mass is 9.99. The number of rotatable bonds is 8. The number of benzene rings is 2. The van der Waals surface area contributed by atoms with Crippen molar-refractivity contribution in [2.24, 2.45) is 5.92 Å². The molecule has 6 rings (SSSR count). The number of amides is 2. The molecule has 16 heteroatoms. The molecule has 2 amide bonds. The fourth-order valence-electron chi connectivity index (χ4n) is 5.50. The number of halogens is 2. The number of carbonyl (C=O) groups is 2. The molecule has 12 nitrogen and oxygen atoms in total. The van der Waals surface area contributed by atoms with Crippen LogP contribution in [-0.4, -0.2) is 59.5 Å². The van der Waals surface area contributed by atoms with Gasteiger partial charge in [0, 0.05) is 31.4 Å². The van der Waals surface area contributed by atoms with Gasteiger partial charge in [-0.3, -0.25) is 13.9 Å². The van der Waals surface area contributed by atoms with Gasteiger partial charge in [0.05, 0.1) is 16.3 Å². The van der Waals surface area contributed by atoms with Crippen molar-refractivity contribution in [2.45, 2.75) is 38.1 Å². The Morgan fingerprint density at radius 3 is 2.48 bits per heavy atom. The van der Waals surface area contributed by atoms with Crippen molar-refractivity contribution in [2.75, 3.05) is 34.2 Å². The minimum Gasteiger partial charge on any atom is -0.356 e. The second-order valence-electron chi connectivity index (χ2n) is 11.6. The summed E-state index contributed by atoms with van der Waals surface area (Å²) in [6.45, 7) is 4.75. The third-order valence-electron chi connectivity index (χ3n) is 8.35. The van der Waals surface area contributed by atoms with E-state index in [1.807, 2.05) is 0 Å². The third-order valence-corrected chi connectivity index (χ3v) is 11.3. The van der Waals surface area contributed by atoms with E-state index in [1.165, 1.54) is 59.3 Å². The van der Waals surface area contributed by atoms with E-state index in [0.29, 0.717) is 22.3 Å². The summed E-state index contributed by atoms with van der Waals surface area (Å²) in [5.74, 6) is -1.15. The summed E-state index contributed by atoms with van der Waals surface area (Å²) in [5, 5.41) is 6.14. The molecule has 1 aliphatic rings. The molecule has 4 heterocycles. The number of fused-ring (bicyclic) bond motifs is 1. The first-order valence-electron chi connectivity index (χ1n) is 15.0. The molecule has 0 N–H and O–H groups in total. The molecule has 1 aliphatic heterocycles. The highest BCUT2D eigenvalue weighted by atomic mass is 35.5. The minimum absolute atomic E-state index is 0.000499. The first-order valence-corrected chi connectivity index (χ1v) is 17.7. The van der Waals surface area contributed by atoms with Crippen molar-refractivity contribution in [3.05, 3.63) is 97.9 Å². The molecule has 0 radical (unpaired) electrons. The SMILES string of the molecule is Cc1ccc(F)cc1N(C(=O)Cn1nc2nc(N3CCC(C)CC3)ccn2c1=O)C(=O)c1sccc1N(C)S(=O)(=O)c1ccc(Cl)cc1. The topological polar surface area (TPSA) is 130 Å². The molecule has 250 valence electrons. The Balaban J connectivity index is 1.35. The van der Waals surface area contributed by atoms with Crippen LogP contribution >= 0.6 is 22.9 Å². The van der Waals surface area contributed by atoms with Gasteiger partial charge in [0.15, 0.2) is 0 Å². The molecule has 1 fully saturated rings. The second-order valence-corrected chi connectivity index (χ2v) is 14.9. The smallest absolute Gasteiger partial charge is 0.352 e. The molecule has 0 aliphatic carbocycles. The summed E-state index contributed by atoms with van der Waals surface area (Å²) >= 11 is 6.85. The van der Waals surface area contributed by atoms with Crippen molar-refractivity contribution in [1.82, 2.24) is 19.2 Å². The van der Waals surface area contributed by atoms with E-state index in [1.54, 1.807) is 19.2 Å². The van der Waals surface area contributed by atoms with Gasteiger partial charge in [0.2, 0.25) is 0 Å². The normalized spacial score (nSPS) is 14.0. The second kappa shape index (κ2) is 13.1. The number of sulfonamides is 1. The molecule has 48 heavy (non-hydrogen) atoms. The Morgan fingerprint density at radius 2 is 1.77 bits per heavy atom. The van der Waals surface area contributed by atoms with Gasteiger partial charge in [-0.05, 0) is 85.2 Å². The zero-order chi connectivity index (χ0) is 34.3. The molecule has 3 aromatic heterocycles. The number of thiophene rings is 1. The van der Waals surface area contributed by atoms with E-state index >= 15 is 0 Å². The highest BCUT2D eigenvalue weighted by Crippen LogP contribution is 2.33. The average Bonchev–Trinajstić information content (AvgIpc) is 3.67. The Bertz CT molecular complexity index is 2190. The van der Waals surface area contributed by atoms with Crippen molar-refractivity contribution >= 4 is 67.7 Å². The zero-order valence-electron chi connectivity index (χ0n) is 26.2. The summed E-state index contributed by atoms with van der Waals surface area (Å²) in [5.41, 5.74) is -0.328. The van der Waals surface area contributed by atoms with Crippen LogP contribution in [0.3, 0.4) is 0 Å². The lowest BCUT2D eigenvalue weighted by molar-refractivity contribution is -0.118. The molecule has 0 spiro atoms. The highest BCUT2D eigenvalue weighted by molar-refractivity contribution is 7.92. The zero-order valence-corrected chi connectivity index (χ0v) is 28.6. The average molecular weight is 712 g/mol. The van der Waals surface area contributed by atoms with Gasteiger partial charge >= 0.3 is 5.69 Å². The van der Waals surface area contributed by atoms with Gasteiger partial charge in [0.1, 0.15) is 23.1 Å². The Morgan fingerprint density at radius 1 is 1.06 bits per heavy atom. The van der Waals surface area contributed by atoms with E-state index in [4.69, 9.17) is 11.6 Å². The molecule has 0 saturated carbocycles. The van der Waals surface area contributed by atoms with Crippen molar-refractivity contribution in [3.8, 4) is 0 Å². The maximum atomic E-state index is 14.6. The molecule has 1 saturated heterocycles. The van der Waals surface area contributed by atoms with Gasteiger partial charge in [0.25, 0.3) is 27.6 Å². The van der Waals surface area contributed by atoms with Crippen LogP contribution in [0.25, 0.3) is 5.78 Å². The number of piperidine rings is 1. The van der Waals surface area contributed by atoms with Gasteiger partial charge in [-0.15, -0.1) is 16.4 Å². The molecule has 0 unspecified atom stereocenters. The predicted molar refractivity (Wildman–Crippen MR) is 182 cm³/mol. The fourth-order valence-corrected chi connectivity index (χ4v) is 7.74. The Labute approximate surface area is 284 Å². The number of aromatic nitrogens is 4. The van der Waals surface area contributed by atoms with Crippen LogP contribution < -0.4 is 19.8 Å². The van der Waals surface area contributed by atoms with Gasteiger partial charge in [-0.25, -0.2) is 31.6 Å². The quantitative estimate of drug-likeness (QED) is 0.220. The van der Waals surface area contributed by atoms with Crippen molar-refractivity contribution in [3.63, 3.8) is 0 Å². The summed E-state index contributed by atoms with van der Waals surface area (Å²) < 4.78 is 44.6. The summed E-state index contributed by atoms with van der Waals surface area (Å²) in [4.78, 5) is 48.8. The maximum absolute atomic E-state index is 14.6. The van der Waals surface area contributed by atoms with Crippen LogP contribution in [0, 0.1) is 18.7 Å². The monoisotopic (exact) mass is 711 g/mol. The third kappa shape index (κ3) is 6.32. The number of carbonyl (C=O) groups excluding carboxylic acids is 2. The van der Waals surface area contributed by atoms with Crippen LogP contribution in [0.15, 0.2) is 75.9 Å². The first kappa shape index (κ1) is 33.3. The van der Waals surface area contributed by atoms with Gasteiger partial charge < -0.3 is 4.90 Å². The predicted octanol–water partition coefficient (Wildman–Crippen LogP) is 4.99. The molecule has 5 aromatic rings.